The number of nitrogens with zero attached hydrogens (tertiary/aromatic N) is 2. The Kier molecular flexibility index (Phi) is 6.00. The van der Waals surface area contributed by atoms with Crippen LogP contribution in [0, 0.1) is 0 Å². The second-order valence-electron chi connectivity index (χ2n) is 7.82. The molecule has 7 heteroatoms. The molecule has 1 heterocycles. The summed E-state index contributed by atoms with van der Waals surface area (Å²) in [6.07, 6.45) is 0. The van der Waals surface area contributed by atoms with Crippen molar-refractivity contribution < 1.29 is 8.42 Å². The first-order valence-electron chi connectivity index (χ1n) is 9.41. The van der Waals surface area contributed by atoms with Gasteiger partial charge in [0.1, 0.15) is 0 Å². The summed E-state index contributed by atoms with van der Waals surface area (Å²) in [6.45, 7) is 6.42. The molecule has 0 saturated carbocycles. The zero-order valence-corrected chi connectivity index (χ0v) is 17.6. The predicted octanol–water partition coefficient (Wildman–Crippen LogP) is 3.19. The summed E-state index contributed by atoms with van der Waals surface area (Å²) in [5.74, 6) is 0. The molecule has 3 aromatic rings. The smallest absolute Gasteiger partial charge is 0.266 e. The number of hydrogen-bond donors (Lipinski definition) is 1. The van der Waals surface area contributed by atoms with Crippen molar-refractivity contribution in [2.24, 2.45) is 0 Å². The zero-order valence-electron chi connectivity index (χ0n) is 16.8. The van der Waals surface area contributed by atoms with Crippen molar-refractivity contribution in [1.82, 2.24) is 14.5 Å². The molecule has 0 bridgehead atoms. The van der Waals surface area contributed by atoms with Crippen molar-refractivity contribution in [3.63, 3.8) is 0 Å². The van der Waals surface area contributed by atoms with Gasteiger partial charge in [0.25, 0.3) is 5.56 Å². The standard InChI is InChI=1S/C22H25N3O3S/c1-22(2,3)18-9-11-19(12-10-18)29(27,28)23-15-16-25-21(26)14-13-20(24-25)17-7-5-4-6-8-17/h4-14,23H,15-16H2,1-3H3. The van der Waals surface area contributed by atoms with Crippen LogP contribution in [0.2, 0.25) is 0 Å². The average molecular weight is 412 g/mol. The van der Waals surface area contributed by atoms with Crippen molar-refractivity contribution in [2.75, 3.05) is 6.54 Å². The molecule has 0 atom stereocenters. The Morgan fingerprint density at radius 1 is 0.931 bits per heavy atom. The molecule has 0 unspecified atom stereocenters. The van der Waals surface area contributed by atoms with Gasteiger partial charge in [0.15, 0.2) is 0 Å². The molecule has 0 aliphatic heterocycles. The van der Waals surface area contributed by atoms with Crippen LogP contribution in [0.3, 0.4) is 0 Å². The van der Waals surface area contributed by atoms with Gasteiger partial charge in [-0.1, -0.05) is 63.2 Å². The maximum atomic E-state index is 12.5. The van der Waals surface area contributed by atoms with E-state index in [-0.39, 0.29) is 29.0 Å². The lowest BCUT2D eigenvalue weighted by Crippen LogP contribution is -2.32. The molecule has 3 rings (SSSR count). The van der Waals surface area contributed by atoms with Crippen LogP contribution in [-0.4, -0.2) is 24.7 Å². The molecule has 2 aromatic carbocycles. The Bertz CT molecular complexity index is 1130. The summed E-state index contributed by atoms with van der Waals surface area (Å²) in [4.78, 5) is 12.3. The molecule has 1 N–H and O–H groups in total. The number of aromatic nitrogens is 2. The minimum Gasteiger partial charge on any atom is -0.268 e. The Hall–Kier alpha value is -2.77. The second kappa shape index (κ2) is 8.31. The number of nitrogens with one attached hydrogen (secondary N) is 1. The van der Waals surface area contributed by atoms with Gasteiger partial charge in [-0.2, -0.15) is 5.10 Å². The molecular weight excluding hydrogens is 386 g/mol. The Labute approximate surface area is 171 Å². The van der Waals surface area contributed by atoms with E-state index in [2.05, 4.69) is 30.6 Å². The molecular formula is C22H25N3O3S. The maximum Gasteiger partial charge on any atom is 0.266 e. The van der Waals surface area contributed by atoms with E-state index in [1.165, 1.54) is 10.7 Å². The topological polar surface area (TPSA) is 81.1 Å². The monoisotopic (exact) mass is 411 g/mol. The minimum absolute atomic E-state index is 0.0493. The maximum absolute atomic E-state index is 12.5. The van der Waals surface area contributed by atoms with E-state index in [9.17, 15) is 13.2 Å². The SMILES string of the molecule is CC(C)(C)c1ccc(S(=O)(=O)NCCn2nc(-c3ccccc3)ccc2=O)cc1. The Morgan fingerprint density at radius 2 is 1.59 bits per heavy atom. The third-order valence-electron chi connectivity index (χ3n) is 4.58. The van der Waals surface area contributed by atoms with Crippen LogP contribution >= 0.6 is 0 Å². The van der Waals surface area contributed by atoms with Gasteiger partial charge in [-0.25, -0.2) is 17.8 Å². The molecule has 29 heavy (non-hydrogen) atoms. The Morgan fingerprint density at radius 3 is 2.21 bits per heavy atom. The van der Waals surface area contributed by atoms with Crippen LogP contribution in [0.25, 0.3) is 11.3 Å². The van der Waals surface area contributed by atoms with E-state index < -0.39 is 10.0 Å². The lowest BCUT2D eigenvalue weighted by Gasteiger charge is -2.19. The highest BCUT2D eigenvalue weighted by Crippen LogP contribution is 2.23. The molecule has 0 amide bonds. The van der Waals surface area contributed by atoms with Gasteiger partial charge in [0, 0.05) is 18.2 Å². The molecule has 1 aromatic heterocycles. The molecule has 0 aliphatic carbocycles. The van der Waals surface area contributed by atoms with E-state index in [1.54, 1.807) is 18.2 Å². The second-order valence-corrected chi connectivity index (χ2v) is 9.59. The fourth-order valence-electron chi connectivity index (χ4n) is 2.88. The third-order valence-corrected chi connectivity index (χ3v) is 6.06. The van der Waals surface area contributed by atoms with E-state index in [0.717, 1.165) is 11.1 Å². The van der Waals surface area contributed by atoms with Crippen molar-refractivity contribution in [1.29, 1.82) is 0 Å². The van der Waals surface area contributed by atoms with Crippen molar-refractivity contribution in [3.8, 4) is 11.3 Å². The van der Waals surface area contributed by atoms with E-state index in [0.29, 0.717) is 5.69 Å². The highest BCUT2D eigenvalue weighted by atomic mass is 32.2. The summed E-state index contributed by atoms with van der Waals surface area (Å²) >= 11 is 0. The van der Waals surface area contributed by atoms with Crippen LogP contribution < -0.4 is 10.3 Å². The summed E-state index contributed by atoms with van der Waals surface area (Å²) in [5, 5.41) is 4.34. The highest BCUT2D eigenvalue weighted by molar-refractivity contribution is 7.89. The predicted molar refractivity (Wildman–Crippen MR) is 114 cm³/mol. The van der Waals surface area contributed by atoms with E-state index in [4.69, 9.17) is 0 Å². The minimum atomic E-state index is -3.66. The molecule has 0 radical (unpaired) electrons. The van der Waals surface area contributed by atoms with Crippen molar-refractivity contribution in [2.45, 2.75) is 37.6 Å². The number of sulfonamides is 1. The summed E-state index contributed by atoms with van der Waals surface area (Å²) in [5.41, 5.74) is 2.28. The first-order valence-corrected chi connectivity index (χ1v) is 10.9. The lowest BCUT2D eigenvalue weighted by atomic mass is 9.87. The molecule has 0 aliphatic rings. The van der Waals surface area contributed by atoms with Crippen LogP contribution in [0.1, 0.15) is 26.3 Å². The van der Waals surface area contributed by atoms with E-state index >= 15 is 0 Å². The Balaban J connectivity index is 1.70. The molecule has 6 nitrogen and oxygen atoms in total. The number of rotatable bonds is 6. The van der Waals surface area contributed by atoms with Crippen molar-refractivity contribution in [3.05, 3.63) is 82.6 Å². The van der Waals surface area contributed by atoms with Gasteiger partial charge >= 0.3 is 0 Å². The number of benzene rings is 2. The first kappa shape index (κ1) is 21.0. The normalized spacial score (nSPS) is 12.1. The first-order chi connectivity index (χ1) is 13.7. The van der Waals surface area contributed by atoms with Crippen LogP contribution in [-0.2, 0) is 22.0 Å². The fraction of sp³-hybridized carbons (Fsp3) is 0.273. The summed E-state index contributed by atoms with van der Waals surface area (Å²) in [6, 6.07) is 19.5. The molecule has 152 valence electrons. The van der Waals surface area contributed by atoms with Crippen molar-refractivity contribution >= 4 is 10.0 Å². The van der Waals surface area contributed by atoms with Gasteiger partial charge < -0.3 is 0 Å². The van der Waals surface area contributed by atoms with Gasteiger partial charge in [-0.05, 0) is 29.2 Å². The third kappa shape index (κ3) is 5.19. The fourth-order valence-corrected chi connectivity index (χ4v) is 3.90. The quantitative estimate of drug-likeness (QED) is 0.675. The highest BCUT2D eigenvalue weighted by Gasteiger charge is 2.17. The average Bonchev–Trinajstić information content (AvgIpc) is 2.69. The largest absolute Gasteiger partial charge is 0.268 e. The van der Waals surface area contributed by atoms with E-state index in [1.807, 2.05) is 42.5 Å². The summed E-state index contributed by atoms with van der Waals surface area (Å²) in [7, 11) is -3.66. The summed E-state index contributed by atoms with van der Waals surface area (Å²) < 4.78 is 28.9. The van der Waals surface area contributed by atoms with Crippen LogP contribution in [0.4, 0.5) is 0 Å². The van der Waals surface area contributed by atoms with Crippen LogP contribution in [0.15, 0.2) is 76.4 Å². The molecule has 0 saturated heterocycles. The van der Waals surface area contributed by atoms with Gasteiger partial charge in [0.05, 0.1) is 17.1 Å². The molecule has 0 fully saturated rings. The van der Waals surface area contributed by atoms with Gasteiger partial charge in [0.2, 0.25) is 10.0 Å². The van der Waals surface area contributed by atoms with Crippen LogP contribution in [0.5, 0.6) is 0 Å². The molecule has 0 spiro atoms. The van der Waals surface area contributed by atoms with Gasteiger partial charge in [-0.15, -0.1) is 0 Å². The lowest BCUT2D eigenvalue weighted by molar-refractivity contribution is 0.548. The zero-order chi connectivity index (χ0) is 21.1. The number of hydrogen-bond acceptors (Lipinski definition) is 4. The van der Waals surface area contributed by atoms with Gasteiger partial charge in [-0.3, -0.25) is 4.79 Å².